The quantitative estimate of drug-likeness (QED) is 0.721. The average Bonchev–Trinajstić information content (AvgIpc) is 2.13. The SMILES string of the molecule is CC[N](C)[Sn]([CH3])([CH](C)C)[N](C)C(C)C. The molecule has 0 aliphatic carbocycles. The second kappa shape index (κ2) is 5.71. The van der Waals surface area contributed by atoms with Crippen molar-refractivity contribution in [3.05, 3.63) is 0 Å². The predicted octanol–water partition coefficient (Wildman–Crippen LogP) is 2.76. The van der Waals surface area contributed by atoms with Crippen LogP contribution in [0.4, 0.5) is 0 Å². The van der Waals surface area contributed by atoms with Crippen LogP contribution in [-0.2, 0) is 0 Å². The van der Waals surface area contributed by atoms with E-state index in [0.29, 0.717) is 6.04 Å². The summed E-state index contributed by atoms with van der Waals surface area (Å²) in [5.74, 6) is 0. The van der Waals surface area contributed by atoms with E-state index in [9.17, 15) is 0 Å². The number of hydrogen-bond acceptors (Lipinski definition) is 2. The van der Waals surface area contributed by atoms with Crippen LogP contribution in [0.15, 0.2) is 0 Å². The van der Waals surface area contributed by atoms with E-state index in [2.05, 4.69) is 59.9 Å². The molecular formula is C11H28N2Sn. The number of nitrogens with zero attached hydrogens (tertiary/aromatic N) is 2. The van der Waals surface area contributed by atoms with Crippen LogP contribution >= 0.6 is 0 Å². The molecule has 0 radical (unpaired) electrons. The Hall–Kier alpha value is 0.719. The van der Waals surface area contributed by atoms with E-state index in [0.717, 1.165) is 3.93 Å². The summed E-state index contributed by atoms with van der Waals surface area (Å²) >= 11 is -2.24. The van der Waals surface area contributed by atoms with Gasteiger partial charge in [0, 0.05) is 0 Å². The van der Waals surface area contributed by atoms with Gasteiger partial charge in [0.2, 0.25) is 0 Å². The molecule has 0 aromatic carbocycles. The Morgan fingerprint density at radius 3 is 1.71 bits per heavy atom. The molecule has 0 rings (SSSR count). The minimum atomic E-state index is -2.24. The zero-order chi connectivity index (χ0) is 11.5. The molecule has 0 aliphatic rings. The summed E-state index contributed by atoms with van der Waals surface area (Å²) in [6.45, 7) is 12.8. The molecule has 3 heteroatoms. The van der Waals surface area contributed by atoms with Gasteiger partial charge in [0.25, 0.3) is 0 Å². The van der Waals surface area contributed by atoms with Crippen LogP contribution in [0.2, 0.25) is 8.87 Å². The van der Waals surface area contributed by atoms with Crippen LogP contribution in [0, 0.1) is 0 Å². The Balaban J connectivity index is 4.89. The van der Waals surface area contributed by atoms with Crippen molar-refractivity contribution in [3.63, 3.8) is 0 Å². The maximum atomic E-state index is 2.67. The van der Waals surface area contributed by atoms with Gasteiger partial charge in [-0.1, -0.05) is 0 Å². The molecule has 0 aromatic rings. The van der Waals surface area contributed by atoms with Crippen LogP contribution in [0.5, 0.6) is 0 Å². The van der Waals surface area contributed by atoms with Crippen LogP contribution in [0.3, 0.4) is 0 Å². The molecule has 2 nitrogen and oxygen atoms in total. The molecule has 0 aliphatic heterocycles. The summed E-state index contributed by atoms with van der Waals surface area (Å²) in [6.07, 6.45) is 0. The molecule has 0 saturated carbocycles. The Morgan fingerprint density at radius 1 is 1.07 bits per heavy atom. The van der Waals surface area contributed by atoms with Gasteiger partial charge in [0.05, 0.1) is 0 Å². The van der Waals surface area contributed by atoms with Gasteiger partial charge in [0.15, 0.2) is 0 Å². The molecule has 0 spiro atoms. The third kappa shape index (κ3) is 2.86. The molecule has 0 bridgehead atoms. The van der Waals surface area contributed by atoms with Crippen molar-refractivity contribution >= 4 is 18.9 Å². The van der Waals surface area contributed by atoms with Crippen LogP contribution in [0.1, 0.15) is 34.6 Å². The topological polar surface area (TPSA) is 6.48 Å². The van der Waals surface area contributed by atoms with E-state index in [1.54, 1.807) is 0 Å². The minimum absolute atomic E-state index is 0.673. The maximum absolute atomic E-state index is 2.67. The van der Waals surface area contributed by atoms with E-state index in [4.69, 9.17) is 0 Å². The first-order chi connectivity index (χ1) is 6.28. The Morgan fingerprint density at radius 2 is 1.50 bits per heavy atom. The first-order valence-electron chi connectivity index (χ1n) is 5.72. The molecule has 14 heavy (non-hydrogen) atoms. The third-order valence-corrected chi connectivity index (χ3v) is 20.9. The van der Waals surface area contributed by atoms with Crippen molar-refractivity contribution in [1.29, 1.82) is 0 Å². The van der Waals surface area contributed by atoms with Crippen LogP contribution in [-0.4, -0.2) is 51.8 Å². The zero-order valence-electron chi connectivity index (χ0n) is 11.3. The first kappa shape index (κ1) is 14.7. The van der Waals surface area contributed by atoms with E-state index in [1.807, 2.05) is 0 Å². The van der Waals surface area contributed by atoms with Crippen molar-refractivity contribution in [1.82, 2.24) is 6.24 Å². The summed E-state index contributed by atoms with van der Waals surface area (Å²) in [6, 6.07) is 0.673. The zero-order valence-corrected chi connectivity index (χ0v) is 14.1. The third-order valence-electron chi connectivity index (χ3n) is 3.83. The Kier molecular flexibility index (Phi) is 6.00. The molecule has 1 atom stereocenters. The summed E-state index contributed by atoms with van der Waals surface area (Å²) in [5, 5.41) is 0. The van der Waals surface area contributed by atoms with Gasteiger partial charge in [-0.05, 0) is 0 Å². The molecule has 0 amide bonds. The number of hydrogen-bond donors (Lipinski definition) is 0. The average molecular weight is 307 g/mol. The summed E-state index contributed by atoms with van der Waals surface area (Å²) in [5.41, 5.74) is 0. The van der Waals surface area contributed by atoms with Gasteiger partial charge < -0.3 is 0 Å². The van der Waals surface area contributed by atoms with E-state index < -0.39 is 18.9 Å². The molecule has 86 valence electrons. The fourth-order valence-electron chi connectivity index (χ4n) is 1.96. The van der Waals surface area contributed by atoms with Gasteiger partial charge in [-0.3, -0.25) is 0 Å². The van der Waals surface area contributed by atoms with Gasteiger partial charge in [0.1, 0.15) is 0 Å². The standard InChI is InChI=1S/C4H10N.C3H8N.C3H7.CH3.Sn/c1-4(2)5-3;1-3-4-2;1-3-2;;/h4H,1-3H3;3H2,1-2H3;3H,1-2H3;1H3;/q2*-1;;;+2. The van der Waals surface area contributed by atoms with E-state index in [1.165, 1.54) is 6.54 Å². The van der Waals surface area contributed by atoms with Crippen molar-refractivity contribution in [2.45, 2.75) is 49.5 Å². The second-order valence-electron chi connectivity index (χ2n) is 4.97. The summed E-state index contributed by atoms with van der Waals surface area (Å²) < 4.78 is 6.14. The van der Waals surface area contributed by atoms with Gasteiger partial charge in [-0.25, -0.2) is 0 Å². The first-order valence-corrected chi connectivity index (χ1v) is 12.8. The summed E-state index contributed by atoms with van der Waals surface area (Å²) in [7, 11) is 4.61. The fraction of sp³-hybridized carbons (Fsp3) is 1.00. The Labute approximate surface area is 95.2 Å². The molecule has 0 saturated heterocycles. The fourth-order valence-corrected chi connectivity index (χ4v) is 13.1. The molecule has 1 unspecified atom stereocenters. The number of rotatable bonds is 5. The molecule has 0 N–H and O–H groups in total. The molecule has 0 heterocycles. The van der Waals surface area contributed by atoms with Gasteiger partial charge >= 0.3 is 95.3 Å². The van der Waals surface area contributed by atoms with Crippen LogP contribution in [0.25, 0.3) is 0 Å². The van der Waals surface area contributed by atoms with Crippen molar-refractivity contribution in [2.24, 2.45) is 0 Å². The predicted molar refractivity (Wildman–Crippen MR) is 67.9 cm³/mol. The Bertz CT molecular complexity index is 171. The monoisotopic (exact) mass is 308 g/mol. The molecule has 0 fully saturated rings. The van der Waals surface area contributed by atoms with Crippen molar-refractivity contribution in [3.8, 4) is 0 Å². The van der Waals surface area contributed by atoms with Crippen molar-refractivity contribution in [2.75, 3.05) is 20.6 Å². The van der Waals surface area contributed by atoms with Crippen molar-refractivity contribution < 1.29 is 0 Å². The van der Waals surface area contributed by atoms with Gasteiger partial charge in [-0.2, -0.15) is 0 Å². The van der Waals surface area contributed by atoms with E-state index in [-0.39, 0.29) is 0 Å². The molecule has 0 aromatic heterocycles. The van der Waals surface area contributed by atoms with E-state index >= 15 is 0 Å². The normalized spacial score (nSPS) is 17.1. The van der Waals surface area contributed by atoms with Crippen LogP contribution < -0.4 is 0 Å². The summed E-state index contributed by atoms with van der Waals surface area (Å²) in [4.78, 5) is 2.54. The molecular weight excluding hydrogens is 279 g/mol. The second-order valence-corrected chi connectivity index (χ2v) is 18.7. The van der Waals surface area contributed by atoms with Gasteiger partial charge in [-0.15, -0.1) is 0 Å².